The Hall–Kier alpha value is -2.18. The zero-order valence-corrected chi connectivity index (χ0v) is 13.0. The predicted molar refractivity (Wildman–Crippen MR) is 83.1 cm³/mol. The predicted octanol–water partition coefficient (Wildman–Crippen LogP) is 2.92. The van der Waals surface area contributed by atoms with Gasteiger partial charge in [0.2, 0.25) is 0 Å². The average Bonchev–Trinajstić information content (AvgIpc) is 2.90. The second kappa shape index (κ2) is 5.90. The molecule has 0 fully saturated rings. The fourth-order valence-electron chi connectivity index (χ4n) is 2.10. The van der Waals surface area contributed by atoms with E-state index in [4.69, 9.17) is 23.2 Å². The first-order valence-electron chi connectivity index (χ1n) is 6.48. The summed E-state index contributed by atoms with van der Waals surface area (Å²) in [6.45, 7) is 1.83. The lowest BCUT2D eigenvalue weighted by Crippen LogP contribution is -2.28. The van der Waals surface area contributed by atoms with E-state index < -0.39 is 0 Å². The third-order valence-electron chi connectivity index (χ3n) is 3.10. The molecule has 0 unspecified atom stereocenters. The number of halogens is 2. The average molecular weight is 336 g/mol. The van der Waals surface area contributed by atoms with Gasteiger partial charge in [0, 0.05) is 11.8 Å². The van der Waals surface area contributed by atoms with Gasteiger partial charge in [-0.2, -0.15) is 0 Å². The Labute approximate surface area is 136 Å². The topological polar surface area (TPSA) is 72.2 Å². The molecule has 0 aliphatic heterocycles. The van der Waals surface area contributed by atoms with Crippen LogP contribution < -0.4 is 5.32 Å². The highest BCUT2D eigenvalue weighted by molar-refractivity contribution is 6.33. The minimum Gasteiger partial charge on any atom is -0.342 e. The van der Waals surface area contributed by atoms with Gasteiger partial charge in [0.25, 0.3) is 5.91 Å². The van der Waals surface area contributed by atoms with Crippen molar-refractivity contribution in [2.24, 2.45) is 0 Å². The van der Waals surface area contributed by atoms with Gasteiger partial charge in [-0.25, -0.2) is 4.98 Å². The molecule has 6 nitrogen and oxygen atoms in total. The molecule has 0 spiro atoms. The van der Waals surface area contributed by atoms with E-state index in [0.717, 1.165) is 0 Å². The first-order valence-corrected chi connectivity index (χ1v) is 7.24. The van der Waals surface area contributed by atoms with Crippen LogP contribution in [0.2, 0.25) is 10.3 Å². The summed E-state index contributed by atoms with van der Waals surface area (Å²) >= 11 is 11.6. The van der Waals surface area contributed by atoms with E-state index in [9.17, 15) is 4.79 Å². The van der Waals surface area contributed by atoms with Crippen LogP contribution in [0.1, 0.15) is 29.1 Å². The number of fused-ring (bicyclic) bond motifs is 1. The van der Waals surface area contributed by atoms with E-state index in [-0.39, 0.29) is 22.3 Å². The highest BCUT2D eigenvalue weighted by atomic mass is 35.5. The van der Waals surface area contributed by atoms with Crippen LogP contribution >= 0.6 is 23.2 Å². The first-order chi connectivity index (χ1) is 10.5. The van der Waals surface area contributed by atoms with E-state index in [0.29, 0.717) is 17.0 Å². The maximum atomic E-state index is 12.3. The van der Waals surface area contributed by atoms with Crippen molar-refractivity contribution in [2.75, 3.05) is 0 Å². The Kier molecular flexibility index (Phi) is 3.96. The van der Waals surface area contributed by atoms with Gasteiger partial charge >= 0.3 is 0 Å². The van der Waals surface area contributed by atoms with Crippen molar-refractivity contribution in [1.82, 2.24) is 24.9 Å². The van der Waals surface area contributed by atoms with E-state index in [2.05, 4.69) is 20.5 Å². The highest BCUT2D eigenvalue weighted by Gasteiger charge is 2.17. The molecule has 0 bridgehead atoms. The van der Waals surface area contributed by atoms with Crippen LogP contribution in [0.5, 0.6) is 0 Å². The molecule has 8 heteroatoms. The standard InChI is InChI=1S/C14H11Cl2N5O/c1-8(13-20-19-12-4-2-3-5-21(12)13)17-14(22)9-6-10(15)18-11(16)7-9/h2-8H,1H3,(H,17,22)/t8-/m0/s1. The molecular weight excluding hydrogens is 325 g/mol. The molecule has 22 heavy (non-hydrogen) atoms. The molecule has 1 N–H and O–H groups in total. The van der Waals surface area contributed by atoms with Gasteiger partial charge < -0.3 is 5.32 Å². The van der Waals surface area contributed by atoms with E-state index in [1.807, 2.05) is 35.7 Å². The number of nitrogens with zero attached hydrogens (tertiary/aromatic N) is 4. The smallest absolute Gasteiger partial charge is 0.252 e. The van der Waals surface area contributed by atoms with Crippen LogP contribution in [0, 0.1) is 0 Å². The lowest BCUT2D eigenvalue weighted by molar-refractivity contribution is 0.0938. The minimum atomic E-state index is -0.337. The van der Waals surface area contributed by atoms with E-state index in [1.165, 1.54) is 12.1 Å². The van der Waals surface area contributed by atoms with Crippen molar-refractivity contribution < 1.29 is 4.79 Å². The summed E-state index contributed by atoms with van der Waals surface area (Å²) in [6.07, 6.45) is 1.84. The molecule has 1 atom stereocenters. The van der Waals surface area contributed by atoms with E-state index >= 15 is 0 Å². The Bertz CT molecular complexity index is 828. The fourth-order valence-corrected chi connectivity index (χ4v) is 2.56. The van der Waals surface area contributed by atoms with Crippen molar-refractivity contribution >= 4 is 34.8 Å². The third kappa shape index (κ3) is 2.88. The minimum absolute atomic E-state index is 0.165. The summed E-state index contributed by atoms with van der Waals surface area (Å²) in [4.78, 5) is 16.1. The van der Waals surface area contributed by atoms with Gasteiger partial charge in [-0.3, -0.25) is 9.20 Å². The summed E-state index contributed by atoms with van der Waals surface area (Å²) in [6, 6.07) is 8.16. The largest absolute Gasteiger partial charge is 0.342 e. The molecule has 3 aromatic rings. The number of hydrogen-bond acceptors (Lipinski definition) is 4. The zero-order chi connectivity index (χ0) is 15.7. The van der Waals surface area contributed by atoms with Crippen molar-refractivity contribution in [3.8, 4) is 0 Å². The lowest BCUT2D eigenvalue weighted by atomic mass is 10.2. The summed E-state index contributed by atoms with van der Waals surface area (Å²) in [5.74, 6) is 0.321. The molecule has 0 saturated carbocycles. The van der Waals surface area contributed by atoms with Crippen molar-refractivity contribution in [2.45, 2.75) is 13.0 Å². The highest BCUT2D eigenvalue weighted by Crippen LogP contribution is 2.17. The van der Waals surface area contributed by atoms with Crippen molar-refractivity contribution in [1.29, 1.82) is 0 Å². The SMILES string of the molecule is C[C@H](NC(=O)c1cc(Cl)nc(Cl)c1)c1nnc2ccccn12. The van der Waals surface area contributed by atoms with Crippen LogP contribution in [0.4, 0.5) is 0 Å². The number of hydrogen-bond donors (Lipinski definition) is 1. The lowest BCUT2D eigenvalue weighted by Gasteiger charge is -2.12. The second-order valence-electron chi connectivity index (χ2n) is 4.68. The Morgan fingerprint density at radius 2 is 1.95 bits per heavy atom. The first kappa shape index (κ1) is 14.7. The molecular formula is C14H11Cl2N5O. The Balaban J connectivity index is 1.84. The molecule has 0 aliphatic rings. The molecule has 0 saturated heterocycles. The number of rotatable bonds is 3. The number of nitrogens with one attached hydrogen (secondary N) is 1. The summed E-state index contributed by atoms with van der Waals surface area (Å²) < 4.78 is 1.82. The van der Waals surface area contributed by atoms with Gasteiger partial charge in [0.05, 0.1) is 6.04 Å². The maximum absolute atomic E-state index is 12.3. The van der Waals surface area contributed by atoms with Crippen LogP contribution in [0.25, 0.3) is 5.65 Å². The van der Waals surface area contributed by atoms with Gasteiger partial charge in [-0.1, -0.05) is 29.3 Å². The maximum Gasteiger partial charge on any atom is 0.252 e. The molecule has 112 valence electrons. The van der Waals surface area contributed by atoms with Gasteiger partial charge in [0.15, 0.2) is 11.5 Å². The molecule has 3 heterocycles. The normalized spacial score (nSPS) is 12.3. The number of carbonyl (C=O) groups excluding carboxylic acids is 1. The number of pyridine rings is 2. The van der Waals surface area contributed by atoms with Gasteiger partial charge in [-0.15, -0.1) is 10.2 Å². The van der Waals surface area contributed by atoms with Crippen LogP contribution in [0.15, 0.2) is 36.5 Å². The monoisotopic (exact) mass is 335 g/mol. The third-order valence-corrected chi connectivity index (χ3v) is 3.49. The fraction of sp³-hybridized carbons (Fsp3) is 0.143. The van der Waals surface area contributed by atoms with Gasteiger partial charge in [0.1, 0.15) is 10.3 Å². The summed E-state index contributed by atoms with van der Waals surface area (Å²) in [5, 5.41) is 11.3. The molecule has 0 aliphatic carbocycles. The van der Waals surface area contributed by atoms with Crippen LogP contribution in [-0.4, -0.2) is 25.5 Å². The molecule has 3 aromatic heterocycles. The Morgan fingerprint density at radius 1 is 1.23 bits per heavy atom. The van der Waals surface area contributed by atoms with E-state index in [1.54, 1.807) is 0 Å². The molecule has 0 aromatic carbocycles. The number of amides is 1. The van der Waals surface area contributed by atoms with Crippen molar-refractivity contribution in [3.63, 3.8) is 0 Å². The molecule has 3 rings (SSSR count). The number of carbonyl (C=O) groups is 1. The summed E-state index contributed by atoms with van der Waals surface area (Å²) in [7, 11) is 0. The van der Waals surface area contributed by atoms with Crippen LogP contribution in [-0.2, 0) is 0 Å². The van der Waals surface area contributed by atoms with Crippen molar-refractivity contribution in [3.05, 3.63) is 58.2 Å². The Morgan fingerprint density at radius 3 is 2.68 bits per heavy atom. The van der Waals surface area contributed by atoms with Gasteiger partial charge in [-0.05, 0) is 31.2 Å². The zero-order valence-electron chi connectivity index (χ0n) is 11.5. The second-order valence-corrected chi connectivity index (χ2v) is 5.46. The number of aromatic nitrogens is 4. The quantitative estimate of drug-likeness (QED) is 0.747. The molecule has 0 radical (unpaired) electrons. The van der Waals surface area contributed by atoms with Crippen LogP contribution in [0.3, 0.4) is 0 Å². The summed E-state index contributed by atoms with van der Waals surface area (Å²) in [5.41, 5.74) is 1.05. The molecule has 1 amide bonds.